The molecule has 2 aliphatic rings. The Bertz CT molecular complexity index is 1260. The molecule has 2 aromatic rings. The first kappa shape index (κ1) is 27.7. The van der Waals surface area contributed by atoms with Gasteiger partial charge in [0.25, 0.3) is 11.8 Å². The molecule has 0 unspecified atom stereocenters. The average Bonchev–Trinajstić information content (AvgIpc) is 3.36. The summed E-state index contributed by atoms with van der Waals surface area (Å²) < 4.78 is 76.7. The zero-order valence-corrected chi connectivity index (χ0v) is 20.8. The molecule has 0 aromatic heterocycles. The maximum atomic E-state index is 13.3. The summed E-state index contributed by atoms with van der Waals surface area (Å²) in [6.45, 7) is 0.684. The van der Waals surface area contributed by atoms with Gasteiger partial charge in [-0.1, -0.05) is 0 Å². The highest BCUT2D eigenvalue weighted by Gasteiger charge is 2.52. The molecule has 2 aromatic carbocycles. The molecule has 1 atom stereocenters. The maximum absolute atomic E-state index is 13.3. The van der Waals surface area contributed by atoms with Crippen molar-refractivity contribution in [2.45, 2.75) is 41.4 Å². The molecule has 0 bridgehead atoms. The fourth-order valence-corrected chi connectivity index (χ4v) is 6.47. The third kappa shape index (κ3) is 5.71. The number of halogens is 3. The van der Waals surface area contributed by atoms with Gasteiger partial charge in [-0.3, -0.25) is 14.8 Å². The Morgan fingerprint density at radius 1 is 1.03 bits per heavy atom. The van der Waals surface area contributed by atoms with Crippen molar-refractivity contribution in [1.29, 1.82) is 0 Å². The predicted octanol–water partition coefficient (Wildman–Crippen LogP) is 2.71. The summed E-state index contributed by atoms with van der Waals surface area (Å²) in [6, 6.07) is 10.1. The quantitative estimate of drug-likeness (QED) is 0.392. The van der Waals surface area contributed by atoms with Crippen LogP contribution in [0, 0.1) is 0 Å². The smallest absolute Gasteiger partial charge is 0.489 e. The number of nitrogens with one attached hydrogen (secondary N) is 1. The second-order valence-electron chi connectivity index (χ2n) is 8.87. The van der Waals surface area contributed by atoms with Crippen molar-refractivity contribution in [2.75, 3.05) is 26.3 Å². The minimum absolute atomic E-state index is 0.0518. The molecule has 0 spiro atoms. The maximum Gasteiger partial charge on any atom is 0.573 e. The Morgan fingerprint density at radius 3 is 2.21 bits per heavy atom. The number of sulfone groups is 1. The summed E-state index contributed by atoms with van der Waals surface area (Å²) in [5.41, 5.74) is 1.66. The standard InChI is InChI=1S/C24H25F3N2O8S/c25-24(26,27)37-18-3-1-16(2-4-18)21(30)29-12-9-19(15-29)36-17-5-7-20(8-6-17)38(33,34)23(22(31)28-32)10-13-35-14-11-23/h1-8,19,32H,9-15H2,(H,28,31)/t19-/m1/s1. The van der Waals surface area contributed by atoms with Crippen molar-refractivity contribution in [2.24, 2.45) is 0 Å². The summed E-state index contributed by atoms with van der Waals surface area (Å²) in [7, 11) is -4.17. The van der Waals surface area contributed by atoms with Gasteiger partial charge in [-0.15, -0.1) is 13.2 Å². The minimum Gasteiger partial charge on any atom is -0.489 e. The molecule has 2 saturated heterocycles. The van der Waals surface area contributed by atoms with E-state index in [9.17, 15) is 31.2 Å². The number of hydroxylamine groups is 1. The summed E-state index contributed by atoms with van der Waals surface area (Å²) in [5, 5.41) is 9.15. The molecule has 14 heteroatoms. The van der Waals surface area contributed by atoms with Crippen LogP contribution in [-0.2, 0) is 19.4 Å². The first-order valence-electron chi connectivity index (χ1n) is 11.6. The lowest BCUT2D eigenvalue weighted by molar-refractivity contribution is -0.274. The van der Waals surface area contributed by atoms with Crippen molar-refractivity contribution in [1.82, 2.24) is 10.4 Å². The van der Waals surface area contributed by atoms with Crippen LogP contribution in [0.3, 0.4) is 0 Å². The molecule has 2 amide bonds. The highest BCUT2D eigenvalue weighted by atomic mass is 32.2. The molecule has 2 heterocycles. The molecule has 2 N–H and O–H groups in total. The van der Waals surface area contributed by atoms with Crippen LogP contribution in [0.25, 0.3) is 0 Å². The van der Waals surface area contributed by atoms with Crippen LogP contribution in [0.4, 0.5) is 13.2 Å². The van der Waals surface area contributed by atoms with E-state index in [1.54, 1.807) is 0 Å². The van der Waals surface area contributed by atoms with Crippen LogP contribution < -0.4 is 15.0 Å². The average molecular weight is 559 g/mol. The molecule has 10 nitrogen and oxygen atoms in total. The van der Waals surface area contributed by atoms with Crippen molar-refractivity contribution in [3.8, 4) is 11.5 Å². The summed E-state index contributed by atoms with van der Waals surface area (Å²) >= 11 is 0. The molecule has 2 fully saturated rings. The van der Waals surface area contributed by atoms with Gasteiger partial charge in [-0.05, 0) is 61.4 Å². The van der Waals surface area contributed by atoms with E-state index in [4.69, 9.17) is 14.7 Å². The van der Waals surface area contributed by atoms with E-state index >= 15 is 0 Å². The Balaban J connectivity index is 1.39. The lowest BCUT2D eigenvalue weighted by Crippen LogP contribution is -2.54. The molecule has 0 aliphatic carbocycles. The predicted molar refractivity (Wildman–Crippen MR) is 124 cm³/mol. The molecular formula is C24H25F3N2O8S. The minimum atomic E-state index is -4.83. The summed E-state index contributed by atoms with van der Waals surface area (Å²) in [5.74, 6) is -1.47. The fourth-order valence-electron chi connectivity index (χ4n) is 4.53. The zero-order valence-electron chi connectivity index (χ0n) is 19.9. The number of benzene rings is 2. The number of hydrogen-bond donors (Lipinski definition) is 2. The Hall–Kier alpha value is -3.36. The normalized spacial score (nSPS) is 19.6. The molecular weight excluding hydrogens is 533 g/mol. The lowest BCUT2D eigenvalue weighted by atomic mass is 9.98. The van der Waals surface area contributed by atoms with E-state index in [0.29, 0.717) is 18.7 Å². The van der Waals surface area contributed by atoms with Gasteiger partial charge in [0.1, 0.15) is 17.6 Å². The van der Waals surface area contributed by atoms with E-state index in [-0.39, 0.29) is 49.0 Å². The number of carbonyl (C=O) groups is 2. The Kier molecular flexibility index (Phi) is 7.85. The first-order chi connectivity index (χ1) is 17.9. The van der Waals surface area contributed by atoms with Gasteiger partial charge in [0.2, 0.25) is 0 Å². The van der Waals surface area contributed by atoms with Crippen molar-refractivity contribution in [3.05, 3.63) is 54.1 Å². The van der Waals surface area contributed by atoms with Crippen molar-refractivity contribution < 1.29 is 50.6 Å². The highest BCUT2D eigenvalue weighted by molar-refractivity contribution is 7.93. The SMILES string of the molecule is O=C(c1ccc(OC(F)(F)F)cc1)N1CC[C@@H](Oc2ccc(S(=O)(=O)C3(C(=O)NO)CCOCC3)cc2)C1. The number of ether oxygens (including phenoxy) is 3. The van der Waals surface area contributed by atoms with E-state index in [1.807, 2.05) is 0 Å². The molecule has 0 saturated carbocycles. The fraction of sp³-hybridized carbons (Fsp3) is 0.417. The zero-order chi connectivity index (χ0) is 27.6. The Morgan fingerprint density at radius 2 is 1.63 bits per heavy atom. The van der Waals surface area contributed by atoms with Crippen molar-refractivity contribution in [3.63, 3.8) is 0 Å². The van der Waals surface area contributed by atoms with Crippen molar-refractivity contribution >= 4 is 21.7 Å². The number of likely N-dealkylation sites (tertiary alicyclic amines) is 1. The number of hydrogen-bond acceptors (Lipinski definition) is 8. The molecule has 38 heavy (non-hydrogen) atoms. The van der Waals surface area contributed by atoms with Gasteiger partial charge >= 0.3 is 6.36 Å². The van der Waals surface area contributed by atoms with Gasteiger partial charge in [0, 0.05) is 31.7 Å². The van der Waals surface area contributed by atoms with Crippen LogP contribution in [0.2, 0.25) is 0 Å². The molecule has 2 aliphatic heterocycles. The number of amides is 2. The van der Waals surface area contributed by atoms with Gasteiger partial charge in [-0.25, -0.2) is 13.9 Å². The second-order valence-corrected chi connectivity index (χ2v) is 11.1. The largest absolute Gasteiger partial charge is 0.573 e. The van der Waals surface area contributed by atoms with Crippen LogP contribution in [-0.4, -0.2) is 73.9 Å². The van der Waals surface area contributed by atoms with Crippen LogP contribution in [0.1, 0.15) is 29.6 Å². The number of rotatable bonds is 7. The monoisotopic (exact) mass is 558 g/mol. The van der Waals surface area contributed by atoms with E-state index in [0.717, 1.165) is 12.1 Å². The van der Waals surface area contributed by atoms with Crippen LogP contribution in [0.15, 0.2) is 53.4 Å². The summed E-state index contributed by atoms with van der Waals surface area (Å²) in [4.78, 5) is 26.5. The second kappa shape index (κ2) is 10.8. The number of alkyl halides is 3. The van der Waals surface area contributed by atoms with E-state index in [1.165, 1.54) is 46.8 Å². The third-order valence-electron chi connectivity index (χ3n) is 6.53. The topological polar surface area (TPSA) is 131 Å². The lowest BCUT2D eigenvalue weighted by Gasteiger charge is -2.34. The van der Waals surface area contributed by atoms with Crippen LogP contribution in [0.5, 0.6) is 11.5 Å². The molecule has 206 valence electrons. The highest BCUT2D eigenvalue weighted by Crippen LogP contribution is 2.36. The third-order valence-corrected chi connectivity index (χ3v) is 9.05. The molecule has 4 rings (SSSR count). The van der Waals surface area contributed by atoms with Gasteiger partial charge in [0.15, 0.2) is 14.6 Å². The van der Waals surface area contributed by atoms with Gasteiger partial charge in [0.05, 0.1) is 11.4 Å². The van der Waals surface area contributed by atoms with Crippen LogP contribution >= 0.6 is 0 Å². The van der Waals surface area contributed by atoms with E-state index < -0.39 is 38.7 Å². The number of carbonyl (C=O) groups excluding carboxylic acids is 2. The first-order valence-corrected chi connectivity index (χ1v) is 13.1. The van der Waals surface area contributed by atoms with Gasteiger partial charge < -0.3 is 19.1 Å². The molecule has 0 radical (unpaired) electrons. The summed E-state index contributed by atoms with van der Waals surface area (Å²) in [6.07, 6.45) is -4.95. The van der Waals surface area contributed by atoms with E-state index in [2.05, 4.69) is 4.74 Å². The van der Waals surface area contributed by atoms with Gasteiger partial charge in [-0.2, -0.15) is 0 Å². The number of nitrogens with zero attached hydrogens (tertiary/aromatic N) is 1. The Labute approximate surface area is 216 Å².